The molecule has 2 rings (SSSR count). The Bertz CT molecular complexity index is 840. The molecule has 2 aromatic carbocycles. The van der Waals surface area contributed by atoms with E-state index in [1.807, 2.05) is 25.1 Å². The van der Waals surface area contributed by atoms with Crippen LogP contribution in [0.2, 0.25) is 5.02 Å². The minimum Gasteiger partial charge on any atom is -0.455 e. The van der Waals surface area contributed by atoms with Gasteiger partial charge in [-0.2, -0.15) is 0 Å². The molecule has 0 unspecified atom stereocenters. The molecule has 148 valence electrons. The van der Waals surface area contributed by atoms with Crippen LogP contribution in [0.5, 0.6) is 0 Å². The predicted molar refractivity (Wildman–Crippen MR) is 107 cm³/mol. The van der Waals surface area contributed by atoms with Crippen molar-refractivity contribution >= 4 is 35.2 Å². The number of hydrogen-bond donors (Lipinski definition) is 3. The van der Waals surface area contributed by atoms with Crippen molar-refractivity contribution in [1.29, 1.82) is 0 Å². The largest absolute Gasteiger partial charge is 0.455 e. The van der Waals surface area contributed by atoms with Crippen LogP contribution in [0.3, 0.4) is 0 Å². The van der Waals surface area contributed by atoms with Crippen molar-refractivity contribution in [3.63, 3.8) is 0 Å². The van der Waals surface area contributed by atoms with Crippen molar-refractivity contribution in [3.05, 3.63) is 64.7 Å². The maximum Gasteiger partial charge on any atom is 0.312 e. The Balaban J connectivity index is 1.92. The van der Waals surface area contributed by atoms with Crippen LogP contribution in [0.25, 0.3) is 0 Å². The number of anilines is 1. The van der Waals surface area contributed by atoms with E-state index in [4.69, 9.17) is 22.1 Å². The molecule has 0 bridgehead atoms. The van der Waals surface area contributed by atoms with E-state index in [1.54, 1.807) is 30.3 Å². The summed E-state index contributed by atoms with van der Waals surface area (Å²) < 4.78 is 5.04. The zero-order chi connectivity index (χ0) is 20.5. The Morgan fingerprint density at radius 2 is 1.79 bits per heavy atom. The number of hydrogen-bond acceptors (Lipinski definition) is 4. The van der Waals surface area contributed by atoms with Crippen molar-refractivity contribution in [1.82, 2.24) is 5.32 Å². The van der Waals surface area contributed by atoms with Gasteiger partial charge in [0.25, 0.3) is 5.91 Å². The van der Waals surface area contributed by atoms with Gasteiger partial charge in [0, 0.05) is 10.7 Å². The van der Waals surface area contributed by atoms with Crippen LogP contribution in [0.4, 0.5) is 10.5 Å². The van der Waals surface area contributed by atoms with Crippen LogP contribution in [0.1, 0.15) is 30.5 Å². The van der Waals surface area contributed by atoms with Crippen molar-refractivity contribution < 1.29 is 19.1 Å². The maximum atomic E-state index is 12.1. The number of halogens is 1. The van der Waals surface area contributed by atoms with Gasteiger partial charge in [-0.1, -0.05) is 48.9 Å². The second-order valence-electron chi connectivity index (χ2n) is 6.04. The van der Waals surface area contributed by atoms with Crippen molar-refractivity contribution in [2.75, 3.05) is 11.9 Å². The predicted octanol–water partition coefficient (Wildman–Crippen LogP) is 3.18. The number of aryl methyl sites for hydroxylation is 1. The molecule has 0 aliphatic rings. The molecular weight excluding hydrogens is 382 g/mol. The zero-order valence-corrected chi connectivity index (χ0v) is 16.2. The number of carbonyl (C=O) groups excluding carboxylic acids is 3. The quantitative estimate of drug-likeness (QED) is 0.588. The first kappa shape index (κ1) is 21.2. The number of para-hydroxylation sites is 1. The van der Waals surface area contributed by atoms with E-state index in [9.17, 15) is 14.4 Å². The van der Waals surface area contributed by atoms with Crippen LogP contribution in [-0.4, -0.2) is 24.5 Å². The average molecular weight is 404 g/mol. The molecule has 0 saturated heterocycles. The SMILES string of the molecule is CCc1ccccc1NC(=O)COC(=O)C[C@H](NC(N)=O)c1ccc(Cl)cc1. The Hall–Kier alpha value is -3.06. The second kappa shape index (κ2) is 10.3. The van der Waals surface area contributed by atoms with Gasteiger partial charge >= 0.3 is 12.0 Å². The molecule has 3 amide bonds. The monoisotopic (exact) mass is 403 g/mol. The molecule has 8 heteroatoms. The lowest BCUT2D eigenvalue weighted by molar-refractivity contribution is -0.147. The van der Waals surface area contributed by atoms with Gasteiger partial charge in [-0.05, 0) is 35.7 Å². The summed E-state index contributed by atoms with van der Waals surface area (Å²) in [4.78, 5) is 35.4. The van der Waals surface area contributed by atoms with E-state index < -0.39 is 30.6 Å². The molecular formula is C20H22ClN3O4. The summed E-state index contributed by atoms with van der Waals surface area (Å²) in [6.45, 7) is 1.55. The Morgan fingerprint density at radius 1 is 1.11 bits per heavy atom. The molecule has 1 atom stereocenters. The highest BCUT2D eigenvalue weighted by molar-refractivity contribution is 6.30. The zero-order valence-electron chi connectivity index (χ0n) is 15.4. The Morgan fingerprint density at radius 3 is 2.43 bits per heavy atom. The standard InChI is InChI=1S/C20H22ClN3O4/c1-2-13-5-3-4-6-16(13)23-18(25)12-28-19(26)11-17(24-20(22)27)14-7-9-15(21)10-8-14/h3-10,17H,2,11-12H2,1H3,(H,23,25)(H3,22,24,27)/t17-/m0/s1. The number of ether oxygens (including phenoxy) is 1. The Labute approximate surface area is 168 Å². The van der Waals surface area contributed by atoms with Crippen LogP contribution >= 0.6 is 11.6 Å². The first-order valence-electron chi connectivity index (χ1n) is 8.73. The molecule has 7 nitrogen and oxygen atoms in total. The molecule has 2 aromatic rings. The summed E-state index contributed by atoms with van der Waals surface area (Å²) in [5.41, 5.74) is 7.48. The van der Waals surface area contributed by atoms with E-state index in [0.29, 0.717) is 16.3 Å². The lowest BCUT2D eigenvalue weighted by Crippen LogP contribution is -2.35. The molecule has 0 aromatic heterocycles. The fourth-order valence-electron chi connectivity index (χ4n) is 2.63. The maximum absolute atomic E-state index is 12.1. The van der Waals surface area contributed by atoms with Gasteiger partial charge in [0.2, 0.25) is 0 Å². The topological polar surface area (TPSA) is 111 Å². The minimum absolute atomic E-state index is 0.177. The Kier molecular flexibility index (Phi) is 7.83. The number of nitrogens with two attached hydrogens (primary N) is 1. The van der Waals surface area contributed by atoms with Crippen LogP contribution in [0, 0.1) is 0 Å². The summed E-state index contributed by atoms with van der Waals surface area (Å²) in [6, 6.07) is 12.5. The van der Waals surface area contributed by atoms with E-state index in [2.05, 4.69) is 10.6 Å². The lowest BCUT2D eigenvalue weighted by Gasteiger charge is -2.17. The summed E-state index contributed by atoms with van der Waals surface area (Å²) in [5, 5.41) is 5.72. The van der Waals surface area contributed by atoms with E-state index in [0.717, 1.165) is 12.0 Å². The van der Waals surface area contributed by atoms with Gasteiger partial charge in [-0.3, -0.25) is 9.59 Å². The number of benzene rings is 2. The molecule has 0 aliphatic carbocycles. The highest BCUT2D eigenvalue weighted by Crippen LogP contribution is 2.20. The number of amides is 3. The fourth-order valence-corrected chi connectivity index (χ4v) is 2.75. The summed E-state index contributed by atoms with van der Waals surface area (Å²) in [5.74, 6) is -1.09. The molecule has 0 saturated carbocycles. The lowest BCUT2D eigenvalue weighted by atomic mass is 10.0. The van der Waals surface area contributed by atoms with E-state index in [1.165, 1.54) is 0 Å². The summed E-state index contributed by atoms with van der Waals surface area (Å²) in [6.07, 6.45) is 0.585. The normalized spacial score (nSPS) is 11.4. The molecule has 0 fully saturated rings. The third-order valence-electron chi connectivity index (χ3n) is 4.00. The highest BCUT2D eigenvalue weighted by atomic mass is 35.5. The van der Waals surface area contributed by atoms with Crippen LogP contribution in [0.15, 0.2) is 48.5 Å². The second-order valence-corrected chi connectivity index (χ2v) is 6.47. The fraction of sp³-hybridized carbons (Fsp3) is 0.250. The molecule has 0 spiro atoms. The molecule has 0 heterocycles. The van der Waals surface area contributed by atoms with Gasteiger partial charge in [0.05, 0.1) is 12.5 Å². The number of primary amides is 1. The van der Waals surface area contributed by atoms with Crippen LogP contribution in [-0.2, 0) is 20.7 Å². The molecule has 28 heavy (non-hydrogen) atoms. The smallest absolute Gasteiger partial charge is 0.312 e. The first-order chi connectivity index (χ1) is 13.4. The molecule has 0 aliphatic heterocycles. The third kappa shape index (κ3) is 6.59. The van der Waals surface area contributed by atoms with Crippen molar-refractivity contribution in [2.45, 2.75) is 25.8 Å². The first-order valence-corrected chi connectivity index (χ1v) is 9.11. The van der Waals surface area contributed by atoms with Gasteiger partial charge < -0.3 is 21.1 Å². The van der Waals surface area contributed by atoms with Gasteiger partial charge in [-0.15, -0.1) is 0 Å². The highest BCUT2D eigenvalue weighted by Gasteiger charge is 2.19. The molecule has 4 N–H and O–H groups in total. The number of urea groups is 1. The van der Waals surface area contributed by atoms with Gasteiger partial charge in [0.15, 0.2) is 6.61 Å². The number of rotatable bonds is 8. The minimum atomic E-state index is -0.776. The molecule has 0 radical (unpaired) electrons. The van der Waals surface area contributed by atoms with Crippen molar-refractivity contribution in [2.24, 2.45) is 5.73 Å². The van der Waals surface area contributed by atoms with E-state index >= 15 is 0 Å². The number of esters is 1. The van der Waals surface area contributed by atoms with E-state index in [-0.39, 0.29) is 6.42 Å². The number of carbonyl (C=O) groups is 3. The van der Waals surface area contributed by atoms with Gasteiger partial charge in [0.1, 0.15) is 0 Å². The van der Waals surface area contributed by atoms with Crippen molar-refractivity contribution in [3.8, 4) is 0 Å². The summed E-state index contributed by atoms with van der Waals surface area (Å²) >= 11 is 5.85. The number of nitrogens with one attached hydrogen (secondary N) is 2. The van der Waals surface area contributed by atoms with Gasteiger partial charge in [-0.25, -0.2) is 4.79 Å². The average Bonchev–Trinajstić information content (AvgIpc) is 2.66. The summed E-state index contributed by atoms with van der Waals surface area (Å²) in [7, 11) is 0. The van der Waals surface area contributed by atoms with Crippen LogP contribution < -0.4 is 16.4 Å². The third-order valence-corrected chi connectivity index (χ3v) is 4.25.